The van der Waals surface area contributed by atoms with E-state index in [9.17, 15) is 16.8 Å². The number of fused-ring (bicyclic) bond motifs is 2. The molecule has 1 N–H and O–H groups in total. The summed E-state index contributed by atoms with van der Waals surface area (Å²) in [5.41, 5.74) is 8.58. The van der Waals surface area contributed by atoms with Crippen molar-refractivity contribution in [3.63, 3.8) is 0 Å². The number of halogens is 3. The van der Waals surface area contributed by atoms with E-state index in [4.69, 9.17) is 53.6 Å². The van der Waals surface area contributed by atoms with Crippen molar-refractivity contribution in [1.82, 2.24) is 29.2 Å². The topological polar surface area (TPSA) is 178 Å². The normalized spacial score (nSPS) is 13.8. The maximum Gasteiger partial charge on any atom is 0.494 e. The van der Waals surface area contributed by atoms with Crippen LogP contribution in [0.5, 0.6) is 11.5 Å². The molecule has 0 radical (unpaired) electrons. The third kappa shape index (κ3) is 14.3. The lowest BCUT2D eigenvalue weighted by atomic mass is 9.79. The summed E-state index contributed by atoms with van der Waals surface area (Å²) in [6.45, 7) is 16.0. The fourth-order valence-electron chi connectivity index (χ4n) is 8.58. The summed E-state index contributed by atoms with van der Waals surface area (Å²) in [7, 11) is -7.60. The molecule has 1 aliphatic rings. The minimum absolute atomic E-state index is 0.0712. The highest BCUT2D eigenvalue weighted by Gasteiger charge is 2.51. The molecule has 0 atom stereocenters. The Morgan fingerprint density at radius 3 is 1.49 bits per heavy atom. The van der Waals surface area contributed by atoms with Gasteiger partial charge in [0.2, 0.25) is 0 Å². The predicted octanol–water partition coefficient (Wildman–Crippen LogP) is 13.8. The quantitative estimate of drug-likeness (QED) is 0.102. The van der Waals surface area contributed by atoms with E-state index >= 15 is 0 Å². The fourth-order valence-corrected chi connectivity index (χ4v) is 11.4. The molecule has 1 aliphatic heterocycles. The first kappa shape index (κ1) is 59.3. The summed E-state index contributed by atoms with van der Waals surface area (Å²) in [4.78, 5) is 8.86. The van der Waals surface area contributed by atoms with Gasteiger partial charge in [-0.25, -0.2) is 35.8 Å². The molecule has 21 heteroatoms. The van der Waals surface area contributed by atoms with E-state index in [1.807, 2.05) is 153 Å². The van der Waals surface area contributed by atoms with Crippen LogP contribution in [0.1, 0.15) is 61.0 Å². The molecule has 0 bridgehead atoms. The Balaban J connectivity index is 0.000000155. The van der Waals surface area contributed by atoms with Crippen molar-refractivity contribution in [2.75, 3.05) is 4.72 Å². The molecule has 1 saturated heterocycles. The highest BCUT2D eigenvalue weighted by Crippen LogP contribution is 2.37. The SMILES string of the molecule is CC(C)Oc1ccc(-c2cc3c(-c4ccc(NS(=O)(=O)c5ccc(Cl)cc5)cc4)ncnn3c2)cc1.CC(C)Oc1ccc(-c2cc3c(Cl)ncnn3c2)cc1.CC1(C)OB(c2ccc(CS(=O)(=O)c3ccc(Cl)cc3)cc2)OC1(C)C. The van der Waals surface area contributed by atoms with Crippen molar-refractivity contribution in [1.29, 1.82) is 0 Å². The van der Waals surface area contributed by atoms with Gasteiger partial charge in [-0.15, -0.1) is 0 Å². The van der Waals surface area contributed by atoms with E-state index in [0.717, 1.165) is 61.5 Å². The summed E-state index contributed by atoms with van der Waals surface area (Å²) >= 11 is 17.7. The van der Waals surface area contributed by atoms with Crippen LogP contribution in [-0.4, -0.2) is 76.6 Å². The van der Waals surface area contributed by atoms with Crippen molar-refractivity contribution < 1.29 is 35.6 Å². The van der Waals surface area contributed by atoms with Gasteiger partial charge in [0.1, 0.15) is 29.7 Å². The number of sulfone groups is 1. The zero-order valence-electron chi connectivity index (χ0n) is 46.2. The number of nitrogens with one attached hydrogen (secondary N) is 1. The lowest BCUT2D eigenvalue weighted by Gasteiger charge is -2.32. The number of sulfonamides is 1. The van der Waals surface area contributed by atoms with Gasteiger partial charge in [0.05, 0.1) is 50.2 Å². The minimum Gasteiger partial charge on any atom is -0.491 e. The van der Waals surface area contributed by atoms with Gasteiger partial charge in [0.15, 0.2) is 15.0 Å². The average Bonchev–Trinajstić information content (AvgIpc) is 4.10. The molecule has 6 aromatic carbocycles. The first-order chi connectivity index (χ1) is 38.9. The fraction of sp³-hybridized carbons (Fsp3) is 0.213. The second kappa shape index (κ2) is 24.7. The number of aromatic nitrogens is 6. The maximum absolute atomic E-state index is 12.7. The first-order valence-electron chi connectivity index (χ1n) is 26.1. The number of hydrogen-bond donors (Lipinski definition) is 1. The van der Waals surface area contributed by atoms with Crippen LogP contribution in [0.2, 0.25) is 15.2 Å². The highest BCUT2D eigenvalue weighted by atomic mass is 35.5. The maximum atomic E-state index is 12.7. The number of benzene rings is 6. The van der Waals surface area contributed by atoms with E-state index in [0.29, 0.717) is 26.4 Å². The summed E-state index contributed by atoms with van der Waals surface area (Å²) in [5.74, 6) is 1.62. The molecule has 0 saturated carbocycles. The van der Waals surface area contributed by atoms with E-state index < -0.39 is 38.2 Å². The van der Waals surface area contributed by atoms with Gasteiger partial charge >= 0.3 is 7.12 Å². The number of nitrogens with zero attached hydrogens (tertiary/aromatic N) is 6. The van der Waals surface area contributed by atoms with Gasteiger partial charge in [-0.2, -0.15) is 10.2 Å². The van der Waals surface area contributed by atoms with Crippen LogP contribution >= 0.6 is 34.8 Å². The van der Waals surface area contributed by atoms with Crippen molar-refractivity contribution in [2.45, 2.75) is 94.3 Å². The molecule has 422 valence electrons. The molecule has 0 unspecified atom stereocenters. The lowest BCUT2D eigenvalue weighted by molar-refractivity contribution is 0.00578. The van der Waals surface area contributed by atoms with Gasteiger partial charge in [-0.1, -0.05) is 95.5 Å². The van der Waals surface area contributed by atoms with Crippen LogP contribution in [0.4, 0.5) is 5.69 Å². The van der Waals surface area contributed by atoms with Crippen LogP contribution in [0.15, 0.2) is 193 Å². The molecule has 11 rings (SSSR count). The molecule has 0 aliphatic carbocycles. The Hall–Kier alpha value is -7.29. The van der Waals surface area contributed by atoms with Crippen molar-refractivity contribution in [2.24, 2.45) is 0 Å². The molecular weight excluding hydrogens is 1140 g/mol. The van der Waals surface area contributed by atoms with Crippen LogP contribution in [-0.2, 0) is 34.9 Å². The zero-order chi connectivity index (χ0) is 58.6. The zero-order valence-corrected chi connectivity index (χ0v) is 50.1. The summed E-state index contributed by atoms with van der Waals surface area (Å²) in [5, 5.41) is 9.93. The van der Waals surface area contributed by atoms with Crippen LogP contribution < -0.4 is 19.7 Å². The summed E-state index contributed by atoms with van der Waals surface area (Å²) < 4.78 is 79.9. The number of anilines is 1. The Labute approximate surface area is 493 Å². The van der Waals surface area contributed by atoms with Gasteiger partial charge in [0.25, 0.3) is 10.0 Å². The summed E-state index contributed by atoms with van der Waals surface area (Å²) in [6.07, 6.45) is 7.12. The number of ether oxygens (including phenoxy) is 2. The largest absolute Gasteiger partial charge is 0.494 e. The van der Waals surface area contributed by atoms with Crippen LogP contribution in [0.3, 0.4) is 0 Å². The van der Waals surface area contributed by atoms with Gasteiger partial charge in [0, 0.05) is 44.8 Å². The Morgan fingerprint density at radius 2 is 1.00 bits per heavy atom. The monoisotopic (exact) mass is 1200 g/mol. The average molecular weight is 1200 g/mol. The standard InChI is InChI=1S/C27H23ClN4O3S.C19H22BClO4S.C15H14ClN3O/c1-18(2)35-24-11-5-19(6-12-24)21-15-26-27(29-17-30-32(26)16-21)20-3-9-23(10-4-20)31-36(33,34)25-13-7-22(28)8-14-25;1-18(2)19(3,4)25-20(24-18)15-7-5-14(6-8-15)13-26(22,23)17-11-9-16(21)10-12-17;1-10(2)20-13-5-3-11(4-6-13)12-7-14-15(16)17-9-18-19(14)8-12/h3-18,31H,1-2H3;5-12H,13H2,1-4H3;3-10H,1-2H3. The second-order valence-electron chi connectivity index (χ2n) is 20.8. The van der Waals surface area contributed by atoms with Crippen molar-refractivity contribution in [3.8, 4) is 45.0 Å². The molecule has 15 nitrogen and oxygen atoms in total. The van der Waals surface area contributed by atoms with Crippen LogP contribution in [0.25, 0.3) is 44.5 Å². The van der Waals surface area contributed by atoms with Gasteiger partial charge < -0.3 is 18.8 Å². The summed E-state index contributed by atoms with van der Waals surface area (Å²) in [6, 6.07) is 46.5. The Bertz CT molecular complexity index is 4040. The third-order valence-corrected chi connectivity index (χ3v) is 17.3. The lowest BCUT2D eigenvalue weighted by Crippen LogP contribution is -2.41. The molecule has 4 aromatic heterocycles. The molecule has 82 heavy (non-hydrogen) atoms. The van der Waals surface area contributed by atoms with E-state index in [-0.39, 0.29) is 27.8 Å². The molecule has 1 fully saturated rings. The van der Waals surface area contributed by atoms with Crippen molar-refractivity contribution >= 4 is 84.0 Å². The first-order valence-corrected chi connectivity index (χ1v) is 30.4. The Kier molecular flexibility index (Phi) is 17.8. The smallest absolute Gasteiger partial charge is 0.491 e. The Morgan fingerprint density at radius 1 is 0.549 bits per heavy atom. The predicted molar refractivity (Wildman–Crippen MR) is 326 cm³/mol. The molecular formula is C61H59BCl3N7O8S2. The van der Waals surface area contributed by atoms with E-state index in [2.05, 4.69) is 24.9 Å². The number of rotatable bonds is 14. The molecule has 10 aromatic rings. The molecule has 0 spiro atoms. The third-order valence-electron chi connectivity index (χ3n) is 13.5. The molecule has 5 heterocycles. The van der Waals surface area contributed by atoms with E-state index in [1.165, 1.54) is 36.9 Å². The molecule has 0 amide bonds. The van der Waals surface area contributed by atoms with E-state index in [1.54, 1.807) is 57.6 Å². The second-order valence-corrected chi connectivity index (χ2v) is 25.7. The van der Waals surface area contributed by atoms with Gasteiger partial charge in [-0.05, 0) is 175 Å². The minimum atomic E-state index is -3.73. The van der Waals surface area contributed by atoms with Gasteiger partial charge in [-0.3, -0.25) is 4.72 Å². The van der Waals surface area contributed by atoms with Crippen LogP contribution in [0, 0.1) is 0 Å². The van der Waals surface area contributed by atoms with Crippen molar-refractivity contribution in [3.05, 3.63) is 204 Å². The highest BCUT2D eigenvalue weighted by molar-refractivity contribution is 7.92. The number of hydrogen-bond acceptors (Lipinski definition) is 12.